The first-order chi connectivity index (χ1) is 20.2. The quantitative estimate of drug-likeness (QED) is 0.139. The summed E-state index contributed by atoms with van der Waals surface area (Å²) >= 11 is 0. The minimum Gasteiger partial charge on any atom is -0.455 e. The summed E-state index contributed by atoms with van der Waals surface area (Å²) in [4.78, 5) is 8.72. The number of hydrogen-bond donors (Lipinski definition) is 0. The molecule has 0 aliphatic heterocycles. The molecule has 3 aromatic carbocycles. The van der Waals surface area contributed by atoms with Gasteiger partial charge < -0.3 is 14.4 Å². The first-order valence-electron chi connectivity index (χ1n) is 15.0. The maximum atomic E-state index is 7.28. The largest absolute Gasteiger partial charge is 0.455 e. The average molecular weight is 697 g/mol. The molecule has 0 amide bonds. The number of aromatic nitrogens is 2. The zero-order chi connectivity index (χ0) is 31.0. The van der Waals surface area contributed by atoms with Crippen LogP contribution in [0.15, 0.2) is 95.7 Å². The summed E-state index contributed by atoms with van der Waals surface area (Å²) in [6, 6.07) is 30.4. The van der Waals surface area contributed by atoms with E-state index in [-0.39, 0.29) is 31.2 Å². The minimum atomic E-state index is -2.18. The Morgan fingerprint density at radius 2 is 1.55 bits per heavy atom. The van der Waals surface area contributed by atoms with Crippen molar-refractivity contribution in [2.45, 2.75) is 33.3 Å². The predicted octanol–water partition coefficient (Wildman–Crippen LogP) is 8.16. The van der Waals surface area contributed by atoms with Crippen molar-refractivity contribution in [3.63, 3.8) is 0 Å². The molecule has 3 nitrogen and oxygen atoms in total. The van der Waals surface area contributed by atoms with Gasteiger partial charge in [-0.05, 0) is 29.9 Å². The van der Waals surface area contributed by atoms with E-state index in [0.29, 0.717) is 11.3 Å². The Labute approximate surface area is 247 Å². The maximum absolute atomic E-state index is 7.28. The van der Waals surface area contributed by atoms with Crippen molar-refractivity contribution >= 4 is 35.2 Å². The molecule has 5 heteroatoms. The fourth-order valence-electron chi connectivity index (χ4n) is 4.18. The normalized spacial score (nSPS) is 14.1. The molecule has 193 valence electrons. The average Bonchev–Trinajstić information content (AvgIpc) is 3.34. The monoisotopic (exact) mass is 697 g/mol. The van der Waals surface area contributed by atoms with E-state index in [0.717, 1.165) is 33.2 Å². The van der Waals surface area contributed by atoms with Gasteiger partial charge >= 0.3 is 0 Å². The van der Waals surface area contributed by atoms with Crippen LogP contribution in [0.1, 0.15) is 19.4 Å². The molecule has 3 aromatic heterocycles. The standard InChI is InChI=1S/C20H18NOSi.C13H12N.Ir/c1-23(2,3)20-11-7-5-9-15(20)17-12-16-14-8-4-6-10-18(14)22-19(16)13-21-17;1-10-3-6-12(7-4-10)13-8-5-11(2)9-14-13;/h4-8,10-13H,1-3H3;3-6,8-9H,1-2H3;/q2*-1;/i;1D3,2D3;. The summed E-state index contributed by atoms with van der Waals surface area (Å²) in [7, 11) is -1.46. The molecular formula is C33H30IrN2OSi-2. The second-order valence-corrected chi connectivity index (χ2v) is 14.8. The summed E-state index contributed by atoms with van der Waals surface area (Å²) in [5.41, 5.74) is 5.39. The van der Waals surface area contributed by atoms with Crippen LogP contribution in [-0.4, -0.2) is 18.0 Å². The summed E-state index contributed by atoms with van der Waals surface area (Å²) in [6.07, 6.45) is 3.13. The Morgan fingerprint density at radius 3 is 2.26 bits per heavy atom. The molecule has 0 aliphatic rings. The summed E-state index contributed by atoms with van der Waals surface area (Å²) in [5.74, 6) is 0. The molecule has 0 saturated carbocycles. The number of rotatable bonds is 3. The fourth-order valence-corrected chi connectivity index (χ4v) is 5.73. The molecule has 3 heterocycles. The van der Waals surface area contributed by atoms with Crippen LogP contribution in [0.5, 0.6) is 0 Å². The first-order valence-corrected chi connectivity index (χ1v) is 15.5. The van der Waals surface area contributed by atoms with Crippen molar-refractivity contribution in [3.8, 4) is 22.5 Å². The maximum Gasteiger partial charge on any atom is 0.151 e. The van der Waals surface area contributed by atoms with E-state index in [2.05, 4.69) is 66.0 Å². The summed E-state index contributed by atoms with van der Waals surface area (Å²) in [6.45, 7) is 2.72. The third-order valence-corrected chi connectivity index (χ3v) is 8.07. The SMILES string of the molecule is C[Si](C)(C)c1ccc[c-]c1-c1cc2c(cn1)oc1ccccc12.[2H]C([2H])([2H])c1c[c-]c(-c2ccc(C([2H])([2H])[2H])cn2)cc1.[Ir]. The molecule has 0 atom stereocenters. The van der Waals surface area contributed by atoms with Crippen molar-refractivity contribution < 1.29 is 32.7 Å². The van der Waals surface area contributed by atoms with Crippen molar-refractivity contribution in [2.24, 2.45) is 0 Å². The van der Waals surface area contributed by atoms with Crippen molar-refractivity contribution in [1.82, 2.24) is 9.97 Å². The van der Waals surface area contributed by atoms with Gasteiger partial charge in [-0.15, -0.1) is 70.4 Å². The Morgan fingerprint density at radius 1 is 0.763 bits per heavy atom. The van der Waals surface area contributed by atoms with Gasteiger partial charge in [0.05, 0.1) is 6.20 Å². The molecule has 6 aromatic rings. The minimum absolute atomic E-state index is 0. The number of benzene rings is 3. The van der Waals surface area contributed by atoms with Gasteiger partial charge in [0, 0.05) is 53.4 Å². The van der Waals surface area contributed by atoms with E-state index in [1.807, 2.05) is 30.5 Å². The topological polar surface area (TPSA) is 38.9 Å². The number of fused-ring (bicyclic) bond motifs is 3. The van der Waals surface area contributed by atoms with Gasteiger partial charge in [0.15, 0.2) is 5.58 Å². The number of para-hydroxylation sites is 1. The van der Waals surface area contributed by atoms with Crippen molar-refractivity contribution in [3.05, 3.63) is 115 Å². The van der Waals surface area contributed by atoms with Crippen LogP contribution in [0.3, 0.4) is 0 Å². The first kappa shape index (κ1) is 20.6. The summed E-state index contributed by atoms with van der Waals surface area (Å²) in [5, 5.41) is 3.64. The van der Waals surface area contributed by atoms with Crippen LogP contribution in [0.25, 0.3) is 44.5 Å². The number of furan rings is 1. The molecule has 0 fully saturated rings. The second kappa shape index (κ2) is 11.6. The van der Waals surface area contributed by atoms with Gasteiger partial charge in [-0.25, -0.2) is 0 Å². The van der Waals surface area contributed by atoms with Crippen LogP contribution in [0, 0.1) is 25.8 Å². The van der Waals surface area contributed by atoms with E-state index < -0.39 is 21.8 Å². The fraction of sp³-hybridized carbons (Fsp3) is 0.152. The van der Waals surface area contributed by atoms with Crippen LogP contribution >= 0.6 is 0 Å². The molecule has 0 N–H and O–H groups in total. The summed E-state index contributed by atoms with van der Waals surface area (Å²) < 4.78 is 49.5. The number of pyridine rings is 2. The van der Waals surface area contributed by atoms with Gasteiger partial charge in [-0.2, -0.15) is 0 Å². The number of nitrogens with zero attached hydrogens (tertiary/aromatic N) is 2. The smallest absolute Gasteiger partial charge is 0.151 e. The third-order valence-electron chi connectivity index (χ3n) is 6.04. The molecular weight excluding hydrogens is 661 g/mol. The number of aryl methyl sites for hydroxylation is 2. The van der Waals surface area contributed by atoms with Gasteiger partial charge in [-0.1, -0.05) is 62.9 Å². The Balaban J connectivity index is 0.000000199. The Hall–Kier alpha value is -3.37. The van der Waals surface area contributed by atoms with Gasteiger partial charge in [0.2, 0.25) is 0 Å². The van der Waals surface area contributed by atoms with Crippen molar-refractivity contribution in [1.29, 1.82) is 0 Å². The molecule has 0 aliphatic carbocycles. The second-order valence-electron chi connectivity index (χ2n) is 9.80. The zero-order valence-electron chi connectivity index (χ0n) is 27.3. The van der Waals surface area contributed by atoms with E-state index >= 15 is 0 Å². The van der Waals surface area contributed by atoms with E-state index in [1.165, 1.54) is 29.6 Å². The van der Waals surface area contributed by atoms with E-state index in [9.17, 15) is 0 Å². The Bertz CT molecular complexity index is 1820. The van der Waals surface area contributed by atoms with Crippen LogP contribution in [-0.2, 0) is 20.1 Å². The van der Waals surface area contributed by atoms with E-state index in [1.54, 1.807) is 12.1 Å². The predicted molar refractivity (Wildman–Crippen MR) is 157 cm³/mol. The molecule has 0 unspecified atom stereocenters. The van der Waals surface area contributed by atoms with Crippen LogP contribution in [0.4, 0.5) is 0 Å². The molecule has 0 spiro atoms. The van der Waals surface area contributed by atoms with Crippen LogP contribution < -0.4 is 5.19 Å². The van der Waals surface area contributed by atoms with Crippen molar-refractivity contribution in [2.75, 3.05) is 0 Å². The molecule has 38 heavy (non-hydrogen) atoms. The van der Waals surface area contributed by atoms with E-state index in [4.69, 9.17) is 12.6 Å². The van der Waals surface area contributed by atoms with Gasteiger partial charge in [-0.3, -0.25) is 0 Å². The molecule has 0 bridgehead atoms. The molecule has 0 saturated heterocycles. The third kappa shape index (κ3) is 6.02. The van der Waals surface area contributed by atoms with Crippen LogP contribution in [0.2, 0.25) is 19.6 Å². The zero-order valence-corrected chi connectivity index (χ0v) is 24.7. The number of hydrogen-bond acceptors (Lipinski definition) is 3. The van der Waals surface area contributed by atoms with Gasteiger partial charge in [0.25, 0.3) is 0 Å². The van der Waals surface area contributed by atoms with Gasteiger partial charge in [0.1, 0.15) is 5.58 Å². The molecule has 6 rings (SSSR count). The Kier molecular flexibility index (Phi) is 6.26. The molecule has 1 radical (unpaired) electrons.